The van der Waals surface area contributed by atoms with E-state index in [9.17, 15) is 4.79 Å². The summed E-state index contributed by atoms with van der Waals surface area (Å²) in [4.78, 5) is 11.8. The van der Waals surface area contributed by atoms with Gasteiger partial charge in [0.1, 0.15) is 0 Å². The van der Waals surface area contributed by atoms with Gasteiger partial charge in [-0.1, -0.05) is 0 Å². The van der Waals surface area contributed by atoms with Gasteiger partial charge in [0, 0.05) is 19.3 Å². The van der Waals surface area contributed by atoms with Crippen molar-refractivity contribution in [3.63, 3.8) is 0 Å². The van der Waals surface area contributed by atoms with Crippen LogP contribution in [0.5, 0.6) is 11.5 Å². The van der Waals surface area contributed by atoms with Crippen LogP contribution in [0.4, 0.5) is 5.69 Å². The Morgan fingerprint density at radius 3 is 2.71 bits per heavy atom. The van der Waals surface area contributed by atoms with Gasteiger partial charge in [-0.15, -0.1) is 0 Å². The molecule has 0 unspecified atom stereocenters. The SMILES string of the molecule is O=C(CNc1ccc(I)cc1)N/N=C\c1cc2c(cc1Br)OCO2. The smallest absolute Gasteiger partial charge is 0.259 e. The molecule has 1 aliphatic heterocycles. The van der Waals surface area contributed by atoms with Crippen LogP contribution in [0, 0.1) is 3.57 Å². The van der Waals surface area contributed by atoms with Crippen molar-refractivity contribution in [2.24, 2.45) is 5.10 Å². The van der Waals surface area contributed by atoms with Gasteiger partial charge in [-0.05, 0) is 74.9 Å². The molecule has 0 saturated heterocycles. The zero-order chi connectivity index (χ0) is 16.9. The Labute approximate surface area is 160 Å². The van der Waals surface area contributed by atoms with Crippen LogP contribution in [0.2, 0.25) is 0 Å². The maximum atomic E-state index is 11.8. The third kappa shape index (κ3) is 4.38. The molecule has 2 aromatic carbocycles. The Kier molecular flexibility index (Phi) is 5.56. The van der Waals surface area contributed by atoms with E-state index in [1.54, 1.807) is 12.3 Å². The van der Waals surface area contributed by atoms with Crippen molar-refractivity contribution >= 4 is 56.3 Å². The number of nitrogens with one attached hydrogen (secondary N) is 2. The lowest BCUT2D eigenvalue weighted by Crippen LogP contribution is -2.25. The highest BCUT2D eigenvalue weighted by Gasteiger charge is 2.15. The predicted octanol–water partition coefficient (Wildman–Crippen LogP) is 3.34. The normalized spacial score (nSPS) is 12.4. The number of rotatable bonds is 5. The van der Waals surface area contributed by atoms with Crippen LogP contribution in [0.15, 0.2) is 46.0 Å². The van der Waals surface area contributed by atoms with Gasteiger partial charge in [0.25, 0.3) is 5.91 Å². The summed E-state index contributed by atoms with van der Waals surface area (Å²) in [6.45, 7) is 0.351. The van der Waals surface area contributed by atoms with Crippen molar-refractivity contribution in [1.29, 1.82) is 0 Å². The minimum absolute atomic E-state index is 0.139. The van der Waals surface area contributed by atoms with Gasteiger partial charge in [0.15, 0.2) is 11.5 Å². The molecule has 0 aliphatic carbocycles. The Bertz CT molecular complexity index is 781. The van der Waals surface area contributed by atoms with Gasteiger partial charge in [-0.2, -0.15) is 5.10 Å². The van der Waals surface area contributed by atoms with E-state index >= 15 is 0 Å². The molecule has 2 aromatic rings. The molecule has 1 aliphatic rings. The van der Waals surface area contributed by atoms with Gasteiger partial charge in [0.2, 0.25) is 6.79 Å². The Morgan fingerprint density at radius 2 is 1.96 bits per heavy atom. The second-order valence-corrected chi connectivity index (χ2v) is 6.98. The van der Waals surface area contributed by atoms with Crippen molar-refractivity contribution in [2.45, 2.75) is 0 Å². The van der Waals surface area contributed by atoms with Crippen molar-refractivity contribution in [3.05, 3.63) is 50.0 Å². The van der Waals surface area contributed by atoms with Gasteiger partial charge < -0.3 is 14.8 Å². The van der Waals surface area contributed by atoms with Crippen LogP contribution < -0.4 is 20.2 Å². The lowest BCUT2D eigenvalue weighted by Gasteiger charge is -2.05. The van der Waals surface area contributed by atoms with E-state index < -0.39 is 0 Å². The average Bonchev–Trinajstić information content (AvgIpc) is 3.01. The molecule has 0 radical (unpaired) electrons. The van der Waals surface area contributed by atoms with E-state index in [1.807, 2.05) is 30.3 Å². The molecule has 3 rings (SSSR count). The molecule has 0 bridgehead atoms. The predicted molar refractivity (Wildman–Crippen MR) is 104 cm³/mol. The Balaban J connectivity index is 1.52. The number of hydrazone groups is 1. The van der Waals surface area contributed by atoms with E-state index in [1.165, 1.54) is 0 Å². The number of ether oxygens (including phenoxy) is 2. The summed E-state index contributed by atoms with van der Waals surface area (Å²) in [6.07, 6.45) is 1.55. The number of amides is 1. The molecule has 6 nitrogen and oxygen atoms in total. The van der Waals surface area contributed by atoms with Crippen LogP contribution in [0.25, 0.3) is 0 Å². The second kappa shape index (κ2) is 7.84. The minimum atomic E-state index is -0.235. The fourth-order valence-corrected chi connectivity index (χ4v) is 2.78. The first-order valence-electron chi connectivity index (χ1n) is 7.02. The summed E-state index contributed by atoms with van der Waals surface area (Å²) >= 11 is 5.66. The standard InChI is InChI=1S/C16H13BrIN3O3/c17-13-6-15-14(23-9-24-15)5-10(13)7-20-21-16(22)8-19-12-3-1-11(18)2-4-12/h1-7,19H,8-9H2,(H,21,22)/b20-7-. The molecule has 124 valence electrons. The third-order valence-corrected chi connectivity index (χ3v) is 4.59. The summed E-state index contributed by atoms with van der Waals surface area (Å²) in [5, 5.41) is 6.99. The number of carbonyl (C=O) groups is 1. The summed E-state index contributed by atoms with van der Waals surface area (Å²) in [5.41, 5.74) is 4.15. The number of anilines is 1. The monoisotopic (exact) mass is 501 g/mol. The lowest BCUT2D eigenvalue weighted by atomic mass is 10.2. The van der Waals surface area contributed by atoms with E-state index in [4.69, 9.17) is 9.47 Å². The van der Waals surface area contributed by atoms with Crippen LogP contribution >= 0.6 is 38.5 Å². The van der Waals surface area contributed by atoms with Gasteiger partial charge in [0.05, 0.1) is 12.8 Å². The zero-order valence-corrected chi connectivity index (χ0v) is 16.1. The van der Waals surface area contributed by atoms with E-state index in [0.29, 0.717) is 11.5 Å². The maximum Gasteiger partial charge on any atom is 0.259 e. The van der Waals surface area contributed by atoms with Crippen molar-refractivity contribution < 1.29 is 14.3 Å². The largest absolute Gasteiger partial charge is 0.454 e. The number of fused-ring (bicyclic) bond motifs is 1. The molecular weight excluding hydrogens is 489 g/mol. The molecular formula is C16H13BrIN3O3. The number of carbonyl (C=O) groups excluding carboxylic acids is 1. The number of benzene rings is 2. The molecule has 0 saturated carbocycles. The fourth-order valence-electron chi connectivity index (χ4n) is 2.00. The summed E-state index contributed by atoms with van der Waals surface area (Å²) in [7, 11) is 0. The first kappa shape index (κ1) is 17.0. The highest BCUT2D eigenvalue weighted by atomic mass is 127. The van der Waals surface area contributed by atoms with Crippen molar-refractivity contribution in [3.8, 4) is 11.5 Å². The minimum Gasteiger partial charge on any atom is -0.454 e. The summed E-state index contributed by atoms with van der Waals surface area (Å²) in [5.74, 6) is 1.11. The van der Waals surface area contributed by atoms with Crippen molar-refractivity contribution in [2.75, 3.05) is 18.7 Å². The quantitative estimate of drug-likeness (QED) is 0.374. The molecule has 0 atom stereocenters. The van der Waals surface area contributed by atoms with Crippen LogP contribution in [-0.4, -0.2) is 25.5 Å². The van der Waals surface area contributed by atoms with E-state index in [-0.39, 0.29) is 19.2 Å². The third-order valence-electron chi connectivity index (χ3n) is 3.18. The van der Waals surface area contributed by atoms with E-state index in [0.717, 1.165) is 19.3 Å². The molecule has 0 spiro atoms. The number of hydrogen-bond donors (Lipinski definition) is 2. The molecule has 1 heterocycles. The topological polar surface area (TPSA) is 72.0 Å². The van der Waals surface area contributed by atoms with E-state index in [2.05, 4.69) is 54.4 Å². The molecule has 8 heteroatoms. The van der Waals surface area contributed by atoms with Crippen molar-refractivity contribution in [1.82, 2.24) is 5.43 Å². The molecule has 2 N–H and O–H groups in total. The zero-order valence-electron chi connectivity index (χ0n) is 12.4. The second-order valence-electron chi connectivity index (χ2n) is 4.88. The summed E-state index contributed by atoms with van der Waals surface area (Å²) < 4.78 is 12.5. The Morgan fingerprint density at radius 1 is 1.25 bits per heavy atom. The average molecular weight is 502 g/mol. The molecule has 1 amide bonds. The van der Waals surface area contributed by atoms with Gasteiger partial charge >= 0.3 is 0 Å². The van der Waals surface area contributed by atoms with Crippen LogP contribution in [-0.2, 0) is 4.79 Å². The summed E-state index contributed by atoms with van der Waals surface area (Å²) in [6, 6.07) is 11.4. The number of hydrogen-bond acceptors (Lipinski definition) is 5. The van der Waals surface area contributed by atoms with Gasteiger partial charge in [-0.3, -0.25) is 4.79 Å². The number of halogens is 2. The first-order valence-corrected chi connectivity index (χ1v) is 8.89. The first-order chi connectivity index (χ1) is 11.6. The lowest BCUT2D eigenvalue weighted by molar-refractivity contribution is -0.119. The van der Waals surface area contributed by atoms with Crippen LogP contribution in [0.3, 0.4) is 0 Å². The molecule has 0 fully saturated rings. The van der Waals surface area contributed by atoms with Crippen LogP contribution in [0.1, 0.15) is 5.56 Å². The fraction of sp³-hybridized carbons (Fsp3) is 0.125. The number of nitrogens with zero attached hydrogens (tertiary/aromatic N) is 1. The molecule has 24 heavy (non-hydrogen) atoms. The molecule has 0 aromatic heterocycles. The Hall–Kier alpha value is -1.81. The highest BCUT2D eigenvalue weighted by molar-refractivity contribution is 14.1. The van der Waals surface area contributed by atoms with Gasteiger partial charge in [-0.25, -0.2) is 5.43 Å². The highest BCUT2D eigenvalue weighted by Crippen LogP contribution is 2.36. The maximum absolute atomic E-state index is 11.8.